The van der Waals surface area contributed by atoms with Crippen molar-refractivity contribution in [1.82, 2.24) is 15.8 Å². The lowest BCUT2D eigenvalue weighted by Gasteiger charge is -2.39. The standard InChI is InChI=1S/C26H31N3O/c30-26(23-14-17-10-11-19(23)13-17)29-12-4-7-20(16-29)25-24(15-27-28-25)22-9-3-6-18-5-1-2-8-21(18)22/h1-3,5-6,8-11,17,19-20,23-25,27-28H,4,7,12-16H2/t17-,19+,20?,23+,24?,25?/m0/s1. The molecule has 2 heterocycles. The highest BCUT2D eigenvalue weighted by molar-refractivity contribution is 5.86. The van der Waals surface area contributed by atoms with E-state index in [-0.39, 0.29) is 5.92 Å². The molecule has 0 aromatic heterocycles. The normalized spacial score (nSPS) is 35.4. The van der Waals surface area contributed by atoms with Crippen LogP contribution in [-0.2, 0) is 4.79 Å². The minimum absolute atomic E-state index is 0.238. The van der Waals surface area contributed by atoms with Crippen molar-refractivity contribution < 1.29 is 4.79 Å². The Labute approximate surface area is 178 Å². The maximum atomic E-state index is 13.3. The molecule has 1 amide bonds. The highest BCUT2D eigenvalue weighted by Gasteiger charge is 2.44. The van der Waals surface area contributed by atoms with Crippen molar-refractivity contribution in [2.45, 2.75) is 37.6 Å². The number of hydrogen-bond donors (Lipinski definition) is 2. The minimum Gasteiger partial charge on any atom is -0.342 e. The number of likely N-dealkylation sites (tertiary alicyclic amines) is 1. The van der Waals surface area contributed by atoms with Gasteiger partial charge in [0.2, 0.25) is 5.91 Å². The van der Waals surface area contributed by atoms with Gasteiger partial charge in [-0.3, -0.25) is 15.6 Å². The zero-order chi connectivity index (χ0) is 20.1. The summed E-state index contributed by atoms with van der Waals surface area (Å²) in [4.78, 5) is 15.5. The number of benzene rings is 2. The van der Waals surface area contributed by atoms with E-state index < -0.39 is 0 Å². The van der Waals surface area contributed by atoms with Gasteiger partial charge < -0.3 is 4.90 Å². The van der Waals surface area contributed by atoms with Crippen molar-refractivity contribution in [1.29, 1.82) is 0 Å². The molecule has 156 valence electrons. The third-order valence-corrected chi connectivity index (χ3v) is 8.12. The van der Waals surface area contributed by atoms with Crippen LogP contribution in [0.2, 0.25) is 0 Å². The fraction of sp³-hybridized carbons (Fsp3) is 0.500. The van der Waals surface area contributed by atoms with Crippen LogP contribution < -0.4 is 10.9 Å². The molecule has 4 heteroatoms. The zero-order valence-electron chi connectivity index (χ0n) is 17.5. The predicted octanol–water partition coefficient (Wildman–Crippen LogP) is 3.85. The van der Waals surface area contributed by atoms with Gasteiger partial charge >= 0.3 is 0 Å². The summed E-state index contributed by atoms with van der Waals surface area (Å²) in [5.41, 5.74) is 8.47. The van der Waals surface area contributed by atoms with Crippen molar-refractivity contribution in [3.63, 3.8) is 0 Å². The Morgan fingerprint density at radius 2 is 1.93 bits per heavy atom. The summed E-state index contributed by atoms with van der Waals surface area (Å²) in [5, 5.41) is 2.67. The van der Waals surface area contributed by atoms with Gasteiger partial charge in [-0.25, -0.2) is 0 Å². The van der Waals surface area contributed by atoms with Crippen molar-refractivity contribution in [3.05, 3.63) is 60.2 Å². The highest BCUT2D eigenvalue weighted by atomic mass is 16.2. The van der Waals surface area contributed by atoms with Gasteiger partial charge in [-0.2, -0.15) is 0 Å². The Morgan fingerprint density at radius 1 is 1.03 bits per heavy atom. The van der Waals surface area contributed by atoms with Gasteiger partial charge in [-0.1, -0.05) is 54.6 Å². The summed E-state index contributed by atoms with van der Waals surface area (Å²) >= 11 is 0. The molecule has 1 saturated carbocycles. The summed E-state index contributed by atoms with van der Waals surface area (Å²) < 4.78 is 0. The molecule has 6 atom stereocenters. The van der Waals surface area contributed by atoms with E-state index >= 15 is 0 Å². The summed E-state index contributed by atoms with van der Waals surface area (Å²) in [5.74, 6) is 2.74. The lowest BCUT2D eigenvalue weighted by atomic mass is 9.79. The Hall–Kier alpha value is -2.17. The van der Waals surface area contributed by atoms with E-state index in [9.17, 15) is 4.79 Å². The van der Waals surface area contributed by atoms with Crippen LogP contribution in [0.5, 0.6) is 0 Å². The third kappa shape index (κ3) is 3.09. The summed E-state index contributed by atoms with van der Waals surface area (Å²) in [6.45, 7) is 2.78. The number of allylic oxidation sites excluding steroid dienone is 2. The van der Waals surface area contributed by atoms with E-state index in [1.807, 2.05) is 0 Å². The van der Waals surface area contributed by atoms with Crippen LogP contribution in [0.15, 0.2) is 54.6 Å². The number of amides is 1. The fourth-order valence-electron chi connectivity index (χ4n) is 6.64. The van der Waals surface area contributed by atoms with Crippen LogP contribution in [0.4, 0.5) is 0 Å². The maximum Gasteiger partial charge on any atom is 0.226 e. The van der Waals surface area contributed by atoms with Gasteiger partial charge in [-0.15, -0.1) is 0 Å². The number of carbonyl (C=O) groups is 1. The third-order valence-electron chi connectivity index (χ3n) is 8.12. The molecule has 2 bridgehead atoms. The second-order valence-electron chi connectivity index (χ2n) is 9.80. The average molecular weight is 402 g/mol. The number of hydrogen-bond acceptors (Lipinski definition) is 3. The Balaban J connectivity index is 1.22. The summed E-state index contributed by atoms with van der Waals surface area (Å²) in [6, 6.07) is 15.8. The number of rotatable bonds is 3. The first-order chi connectivity index (χ1) is 14.8. The molecule has 3 unspecified atom stereocenters. The molecule has 2 saturated heterocycles. The molecule has 4 aliphatic rings. The van der Waals surface area contributed by atoms with Crippen molar-refractivity contribution in [2.24, 2.45) is 23.7 Å². The topological polar surface area (TPSA) is 44.4 Å². The van der Waals surface area contributed by atoms with Crippen LogP contribution in [0.3, 0.4) is 0 Å². The first-order valence-electron chi connectivity index (χ1n) is 11.7. The van der Waals surface area contributed by atoms with Crippen LogP contribution in [0.25, 0.3) is 10.8 Å². The first kappa shape index (κ1) is 18.6. The van der Waals surface area contributed by atoms with E-state index in [1.165, 1.54) is 29.2 Å². The number of piperidine rings is 1. The van der Waals surface area contributed by atoms with Crippen molar-refractivity contribution in [2.75, 3.05) is 19.6 Å². The van der Waals surface area contributed by atoms with Gasteiger partial charge in [-0.05, 0) is 59.8 Å². The second-order valence-corrected chi connectivity index (χ2v) is 9.80. The number of hydrazine groups is 1. The minimum atomic E-state index is 0.238. The van der Waals surface area contributed by atoms with Crippen LogP contribution in [-0.4, -0.2) is 36.5 Å². The number of carbonyl (C=O) groups excluding carboxylic acids is 1. The lowest BCUT2D eigenvalue weighted by Crippen LogP contribution is -2.50. The molecule has 2 aromatic rings. The Bertz CT molecular complexity index is 980. The van der Waals surface area contributed by atoms with Gasteiger partial charge in [0, 0.05) is 37.5 Å². The predicted molar refractivity (Wildman–Crippen MR) is 120 cm³/mol. The molecule has 2 N–H and O–H groups in total. The molecule has 2 aliphatic carbocycles. The molecule has 2 aliphatic heterocycles. The maximum absolute atomic E-state index is 13.3. The molecule has 2 aromatic carbocycles. The molecule has 0 radical (unpaired) electrons. The van der Waals surface area contributed by atoms with E-state index in [1.54, 1.807) is 0 Å². The molecule has 3 fully saturated rings. The van der Waals surface area contributed by atoms with E-state index in [0.717, 1.165) is 32.5 Å². The molecular weight excluding hydrogens is 370 g/mol. The van der Waals surface area contributed by atoms with Gasteiger partial charge in [0.25, 0.3) is 0 Å². The lowest BCUT2D eigenvalue weighted by molar-refractivity contribution is -0.138. The zero-order valence-corrected chi connectivity index (χ0v) is 17.5. The van der Waals surface area contributed by atoms with Gasteiger partial charge in [0.1, 0.15) is 0 Å². The number of fused-ring (bicyclic) bond motifs is 3. The summed E-state index contributed by atoms with van der Waals surface area (Å²) in [7, 11) is 0. The van der Waals surface area contributed by atoms with E-state index in [2.05, 4.69) is 70.4 Å². The van der Waals surface area contributed by atoms with Crippen molar-refractivity contribution in [3.8, 4) is 0 Å². The van der Waals surface area contributed by atoms with Gasteiger partial charge in [0.15, 0.2) is 0 Å². The highest BCUT2D eigenvalue weighted by Crippen LogP contribution is 2.45. The molecule has 4 nitrogen and oxygen atoms in total. The SMILES string of the molecule is O=C([C@@H]1C[C@H]2C=C[C@@H]1C2)N1CCCC(C2NNCC2c2cccc3ccccc23)C1. The van der Waals surface area contributed by atoms with Crippen LogP contribution in [0.1, 0.15) is 37.2 Å². The van der Waals surface area contributed by atoms with Crippen LogP contribution in [0, 0.1) is 23.7 Å². The second kappa shape index (κ2) is 7.51. The monoisotopic (exact) mass is 401 g/mol. The number of nitrogens with one attached hydrogen (secondary N) is 2. The molecule has 0 spiro atoms. The largest absolute Gasteiger partial charge is 0.342 e. The van der Waals surface area contributed by atoms with E-state index in [4.69, 9.17) is 0 Å². The number of nitrogens with zero attached hydrogens (tertiary/aromatic N) is 1. The van der Waals surface area contributed by atoms with Crippen LogP contribution >= 0.6 is 0 Å². The molecular formula is C26H31N3O. The quantitative estimate of drug-likeness (QED) is 0.768. The Morgan fingerprint density at radius 3 is 2.80 bits per heavy atom. The fourth-order valence-corrected chi connectivity index (χ4v) is 6.64. The average Bonchev–Trinajstić information content (AvgIpc) is 3.55. The summed E-state index contributed by atoms with van der Waals surface area (Å²) in [6.07, 6.45) is 9.22. The Kier molecular flexibility index (Phi) is 4.65. The molecule has 6 rings (SSSR count). The smallest absolute Gasteiger partial charge is 0.226 e. The van der Waals surface area contributed by atoms with Crippen molar-refractivity contribution >= 4 is 16.7 Å². The first-order valence-corrected chi connectivity index (χ1v) is 11.7. The van der Waals surface area contributed by atoms with E-state index in [0.29, 0.717) is 35.6 Å². The van der Waals surface area contributed by atoms with Gasteiger partial charge in [0.05, 0.1) is 0 Å². The molecule has 30 heavy (non-hydrogen) atoms.